The quantitative estimate of drug-likeness (QED) is 0.200. The molecule has 0 bridgehead atoms. The summed E-state index contributed by atoms with van der Waals surface area (Å²) in [5.74, 6) is 0.836. The van der Waals surface area contributed by atoms with Crippen LogP contribution in [0.2, 0.25) is 0 Å². The molecule has 2 aromatic heterocycles. The number of nitrogens with zero attached hydrogens (tertiary/aromatic N) is 1. The van der Waals surface area contributed by atoms with Crippen LogP contribution in [0.4, 0.5) is 0 Å². The van der Waals surface area contributed by atoms with Gasteiger partial charge in [-0.1, -0.05) is 12.1 Å². The number of fused-ring (bicyclic) bond motifs is 2. The van der Waals surface area contributed by atoms with Crippen molar-refractivity contribution in [2.75, 3.05) is 27.4 Å². The Hall–Kier alpha value is -4.97. The van der Waals surface area contributed by atoms with Gasteiger partial charge in [0.25, 0.3) is 5.56 Å². The molecule has 0 saturated carbocycles. The van der Waals surface area contributed by atoms with Gasteiger partial charge in [-0.05, 0) is 68.3 Å². The summed E-state index contributed by atoms with van der Waals surface area (Å²) in [5, 5.41) is 1.73. The van der Waals surface area contributed by atoms with Gasteiger partial charge in [0.05, 0.1) is 61.6 Å². The maximum Gasteiger partial charge on any atom is 0.266 e. The average Bonchev–Trinajstić information content (AvgIpc) is 3.34. The summed E-state index contributed by atoms with van der Waals surface area (Å²) in [4.78, 5) is 29.8. The summed E-state index contributed by atoms with van der Waals surface area (Å²) in [5.41, 5.74) is 2.61. The van der Waals surface area contributed by atoms with Crippen molar-refractivity contribution in [1.82, 2.24) is 14.3 Å². The number of aromatic nitrogens is 2. The number of sulfonamides is 1. The molecule has 1 amide bonds. The van der Waals surface area contributed by atoms with Gasteiger partial charge in [0.1, 0.15) is 17.2 Å². The van der Waals surface area contributed by atoms with Crippen LogP contribution in [0.5, 0.6) is 23.0 Å². The lowest BCUT2D eigenvalue weighted by Crippen LogP contribution is -2.32. The molecule has 0 aliphatic rings. The number of aryl methyl sites for hydroxylation is 1. The molecule has 11 nitrogen and oxygen atoms in total. The number of carbonyl (C=O) groups is 1. The minimum Gasteiger partial charge on any atom is -0.497 e. The lowest BCUT2D eigenvalue weighted by molar-refractivity contribution is -0.118. The third-order valence-electron chi connectivity index (χ3n) is 7.32. The number of aromatic amines is 1. The zero-order valence-corrected chi connectivity index (χ0v) is 26.5. The van der Waals surface area contributed by atoms with E-state index in [-0.39, 0.29) is 12.0 Å². The number of methoxy groups -OCH3 is 2. The van der Waals surface area contributed by atoms with Crippen LogP contribution in [0, 0.1) is 6.92 Å². The van der Waals surface area contributed by atoms with Crippen molar-refractivity contribution in [2.45, 2.75) is 32.9 Å². The number of rotatable bonds is 12. The highest BCUT2D eigenvalue weighted by Gasteiger charge is 2.24. The predicted molar refractivity (Wildman–Crippen MR) is 172 cm³/mol. The van der Waals surface area contributed by atoms with Gasteiger partial charge in [0, 0.05) is 23.3 Å². The predicted octanol–water partition coefficient (Wildman–Crippen LogP) is 4.78. The van der Waals surface area contributed by atoms with Crippen LogP contribution in [0.15, 0.2) is 65.7 Å². The second-order valence-electron chi connectivity index (χ2n) is 10.3. The van der Waals surface area contributed by atoms with E-state index in [0.29, 0.717) is 69.4 Å². The molecular formula is C33H35N3O8S. The second kappa shape index (κ2) is 12.9. The number of amides is 1. The molecule has 3 aromatic carbocycles. The lowest BCUT2D eigenvalue weighted by Gasteiger charge is -2.13. The summed E-state index contributed by atoms with van der Waals surface area (Å²) in [6.45, 7) is 6.29. The van der Waals surface area contributed by atoms with Crippen LogP contribution in [0.25, 0.3) is 27.4 Å². The molecule has 5 rings (SSSR count). The Labute approximate surface area is 260 Å². The van der Waals surface area contributed by atoms with Crippen LogP contribution in [-0.2, 0) is 27.0 Å². The fourth-order valence-corrected chi connectivity index (χ4v) is 6.58. The van der Waals surface area contributed by atoms with E-state index in [1.807, 2.05) is 26.0 Å². The summed E-state index contributed by atoms with van der Waals surface area (Å²) in [6, 6.07) is 13.7. The largest absolute Gasteiger partial charge is 0.497 e. The van der Waals surface area contributed by atoms with Crippen LogP contribution >= 0.6 is 0 Å². The van der Waals surface area contributed by atoms with Crippen molar-refractivity contribution in [3.8, 4) is 28.7 Å². The van der Waals surface area contributed by atoms with E-state index >= 15 is 0 Å². The standard InChI is InChI=1S/C33H35N3O8S/c1-6-43-31-24-9-8-14-34-30(24)32(44-7-2)25-18-36(33(38)29(25)31)26-12-10-21(15-20(26)3)19-45(39,40)35-28(37)17-22-16-23(41-4)11-13-27(22)42-5/h8-16,18,34H,6-7,17,19H2,1-5H3,(H,35,37). The van der Waals surface area contributed by atoms with E-state index in [2.05, 4.69) is 9.71 Å². The molecule has 5 aromatic rings. The van der Waals surface area contributed by atoms with Gasteiger partial charge < -0.3 is 23.9 Å². The van der Waals surface area contributed by atoms with Crippen molar-refractivity contribution in [1.29, 1.82) is 0 Å². The van der Waals surface area contributed by atoms with Crippen LogP contribution in [0.1, 0.15) is 30.5 Å². The first-order valence-electron chi connectivity index (χ1n) is 14.4. The van der Waals surface area contributed by atoms with E-state index in [0.717, 1.165) is 10.9 Å². The summed E-state index contributed by atoms with van der Waals surface area (Å²) in [7, 11) is -1.07. The number of H-pyrrole nitrogens is 1. The third kappa shape index (κ3) is 6.32. The summed E-state index contributed by atoms with van der Waals surface area (Å²) < 4.78 is 52.1. The smallest absolute Gasteiger partial charge is 0.266 e. The van der Waals surface area contributed by atoms with Crippen LogP contribution in [0.3, 0.4) is 0 Å². The van der Waals surface area contributed by atoms with Crippen molar-refractivity contribution >= 4 is 37.6 Å². The molecule has 2 N–H and O–H groups in total. The first-order valence-corrected chi connectivity index (χ1v) is 16.0. The number of benzene rings is 3. The van der Waals surface area contributed by atoms with Gasteiger partial charge in [0.15, 0.2) is 5.75 Å². The number of hydrogen-bond acceptors (Lipinski definition) is 8. The minimum atomic E-state index is -4.04. The molecule has 0 radical (unpaired) electrons. The first kappa shape index (κ1) is 31.5. The Balaban J connectivity index is 1.45. The van der Waals surface area contributed by atoms with Gasteiger partial charge in [-0.25, -0.2) is 8.42 Å². The highest BCUT2D eigenvalue weighted by atomic mass is 32.2. The van der Waals surface area contributed by atoms with Gasteiger partial charge in [0.2, 0.25) is 15.9 Å². The molecule has 0 aliphatic heterocycles. The Kier molecular flexibility index (Phi) is 9.05. The number of ether oxygens (including phenoxy) is 4. The minimum absolute atomic E-state index is 0.217. The molecule has 0 atom stereocenters. The molecule has 0 fully saturated rings. The van der Waals surface area contributed by atoms with Crippen LogP contribution in [-0.4, -0.2) is 51.3 Å². The third-order valence-corrected chi connectivity index (χ3v) is 8.57. The Morgan fingerprint density at radius 2 is 1.71 bits per heavy atom. The maximum atomic E-state index is 13.9. The average molecular weight is 634 g/mol. The molecule has 2 heterocycles. The van der Waals surface area contributed by atoms with Crippen LogP contribution < -0.4 is 29.2 Å². The number of carbonyl (C=O) groups excluding carboxylic acids is 1. The molecule has 236 valence electrons. The fourth-order valence-electron chi connectivity index (χ4n) is 5.47. The van der Waals surface area contributed by atoms with Gasteiger partial charge in [-0.15, -0.1) is 0 Å². The number of pyridine rings is 1. The summed E-state index contributed by atoms with van der Waals surface area (Å²) >= 11 is 0. The van der Waals surface area contributed by atoms with Crippen molar-refractivity contribution in [3.63, 3.8) is 0 Å². The molecule has 0 saturated heterocycles. The second-order valence-corrected chi connectivity index (χ2v) is 12.1. The normalized spacial score (nSPS) is 11.5. The van der Waals surface area contributed by atoms with Crippen molar-refractivity contribution in [3.05, 3.63) is 88.0 Å². The zero-order chi connectivity index (χ0) is 32.3. The van der Waals surface area contributed by atoms with E-state index in [1.165, 1.54) is 18.8 Å². The highest BCUT2D eigenvalue weighted by molar-refractivity contribution is 7.89. The lowest BCUT2D eigenvalue weighted by atomic mass is 10.1. The Morgan fingerprint density at radius 3 is 2.40 bits per heavy atom. The van der Waals surface area contributed by atoms with Gasteiger partial charge in [-0.3, -0.25) is 18.9 Å². The number of nitrogens with one attached hydrogen (secondary N) is 2. The Bertz CT molecular complexity index is 2060. The van der Waals surface area contributed by atoms with Gasteiger partial charge in [-0.2, -0.15) is 0 Å². The van der Waals surface area contributed by atoms with Crippen molar-refractivity contribution < 1.29 is 32.2 Å². The zero-order valence-electron chi connectivity index (χ0n) is 25.7. The van der Waals surface area contributed by atoms with E-state index in [9.17, 15) is 18.0 Å². The van der Waals surface area contributed by atoms with Gasteiger partial charge >= 0.3 is 0 Å². The molecular weight excluding hydrogens is 598 g/mol. The topological polar surface area (TPSA) is 138 Å². The maximum absolute atomic E-state index is 13.9. The van der Waals surface area contributed by atoms with E-state index in [4.69, 9.17) is 18.9 Å². The monoisotopic (exact) mass is 633 g/mol. The summed E-state index contributed by atoms with van der Waals surface area (Å²) in [6.07, 6.45) is 3.29. The van der Waals surface area contributed by atoms with E-state index in [1.54, 1.807) is 55.7 Å². The molecule has 0 unspecified atom stereocenters. The molecule has 12 heteroatoms. The molecule has 0 aliphatic carbocycles. The molecule has 45 heavy (non-hydrogen) atoms. The fraction of sp³-hybridized carbons (Fsp3) is 0.273. The SMILES string of the molecule is CCOc1c2cn(-c3ccc(CS(=O)(=O)NC(=O)Cc4cc(OC)ccc4OC)cc3C)c(=O)c2c(OCC)c2ccc[nH]c12. The first-order chi connectivity index (χ1) is 21.6. The van der Waals surface area contributed by atoms with Crippen molar-refractivity contribution in [2.24, 2.45) is 0 Å². The van der Waals surface area contributed by atoms with E-state index < -0.39 is 21.7 Å². The Morgan fingerprint density at radius 1 is 0.956 bits per heavy atom. The number of hydrogen-bond donors (Lipinski definition) is 2. The highest BCUT2D eigenvalue weighted by Crippen LogP contribution is 2.41. The molecule has 0 spiro atoms.